The topological polar surface area (TPSA) is 61.9 Å². The molecule has 1 heterocycles. The van der Waals surface area contributed by atoms with Gasteiger partial charge in [-0.2, -0.15) is 15.4 Å². The van der Waals surface area contributed by atoms with Gasteiger partial charge in [0.05, 0.1) is 6.20 Å². The molecule has 1 amide bonds. The standard InChI is InChI=1S/C14H15BrN4O/c1-19(13(20)12-8-16-18-17-12)9-14(6-7-14)10-2-4-11(15)5-3-10/h2-5,8H,6-7,9H2,1H3,(H,16,17,18). The molecule has 0 saturated heterocycles. The van der Waals surface area contributed by atoms with Gasteiger partial charge in [-0.25, -0.2) is 0 Å². The molecule has 20 heavy (non-hydrogen) atoms. The fourth-order valence-corrected chi connectivity index (χ4v) is 2.78. The van der Waals surface area contributed by atoms with Crippen molar-refractivity contribution in [1.29, 1.82) is 0 Å². The Balaban J connectivity index is 1.74. The van der Waals surface area contributed by atoms with E-state index in [9.17, 15) is 4.79 Å². The first-order chi connectivity index (χ1) is 9.61. The molecule has 1 aromatic heterocycles. The molecule has 0 radical (unpaired) electrons. The molecule has 104 valence electrons. The van der Waals surface area contributed by atoms with E-state index in [2.05, 4.69) is 55.6 Å². The Kier molecular flexibility index (Phi) is 3.33. The predicted octanol–water partition coefficient (Wildman–Crippen LogP) is 2.37. The molecule has 1 aliphatic rings. The van der Waals surface area contributed by atoms with Crippen molar-refractivity contribution in [3.05, 3.63) is 46.2 Å². The van der Waals surface area contributed by atoms with Crippen molar-refractivity contribution in [2.75, 3.05) is 13.6 Å². The van der Waals surface area contributed by atoms with Crippen molar-refractivity contribution in [3.8, 4) is 0 Å². The second kappa shape index (κ2) is 5.01. The molecule has 0 atom stereocenters. The number of carbonyl (C=O) groups excluding carboxylic acids is 1. The average Bonchev–Trinajstić information content (AvgIpc) is 3.02. The van der Waals surface area contributed by atoms with E-state index in [1.165, 1.54) is 11.8 Å². The van der Waals surface area contributed by atoms with Gasteiger partial charge in [-0.15, -0.1) is 0 Å². The molecule has 1 fully saturated rings. The molecular formula is C14H15BrN4O. The fourth-order valence-electron chi connectivity index (χ4n) is 2.52. The SMILES string of the molecule is CN(CC1(c2ccc(Br)cc2)CC1)C(=O)c1cn[nH]n1. The van der Waals surface area contributed by atoms with Crippen molar-refractivity contribution in [1.82, 2.24) is 20.3 Å². The second-order valence-corrected chi connectivity index (χ2v) is 6.22. The number of nitrogens with one attached hydrogen (secondary N) is 1. The summed E-state index contributed by atoms with van der Waals surface area (Å²) in [7, 11) is 1.82. The van der Waals surface area contributed by atoms with Crippen LogP contribution in [0.1, 0.15) is 28.9 Å². The first-order valence-corrected chi connectivity index (χ1v) is 7.27. The first-order valence-electron chi connectivity index (χ1n) is 6.48. The molecule has 1 saturated carbocycles. The molecule has 6 heteroatoms. The highest BCUT2D eigenvalue weighted by Gasteiger charge is 2.45. The van der Waals surface area contributed by atoms with Crippen molar-refractivity contribution in [2.45, 2.75) is 18.3 Å². The summed E-state index contributed by atoms with van der Waals surface area (Å²) in [5, 5.41) is 9.98. The lowest BCUT2D eigenvalue weighted by atomic mass is 9.95. The maximum absolute atomic E-state index is 12.2. The summed E-state index contributed by atoms with van der Waals surface area (Å²) in [6.07, 6.45) is 3.69. The smallest absolute Gasteiger partial charge is 0.275 e. The average molecular weight is 335 g/mol. The summed E-state index contributed by atoms with van der Waals surface area (Å²) in [4.78, 5) is 13.9. The van der Waals surface area contributed by atoms with Crippen LogP contribution in [0.5, 0.6) is 0 Å². The van der Waals surface area contributed by atoms with Gasteiger partial charge in [0.2, 0.25) is 0 Å². The van der Waals surface area contributed by atoms with Crippen molar-refractivity contribution < 1.29 is 4.79 Å². The Labute approximate surface area is 125 Å². The van der Waals surface area contributed by atoms with E-state index in [1.807, 2.05) is 7.05 Å². The van der Waals surface area contributed by atoms with Crippen molar-refractivity contribution in [3.63, 3.8) is 0 Å². The number of H-pyrrole nitrogens is 1. The Morgan fingerprint density at radius 1 is 1.40 bits per heavy atom. The van der Waals surface area contributed by atoms with Gasteiger partial charge in [0.1, 0.15) is 0 Å². The molecule has 0 unspecified atom stereocenters. The van der Waals surface area contributed by atoms with Gasteiger partial charge in [0, 0.05) is 23.5 Å². The molecule has 0 aliphatic heterocycles. The zero-order valence-electron chi connectivity index (χ0n) is 11.1. The molecule has 3 rings (SSSR count). The minimum absolute atomic E-state index is 0.0952. The summed E-state index contributed by atoms with van der Waals surface area (Å²) in [5.41, 5.74) is 1.76. The van der Waals surface area contributed by atoms with Crippen LogP contribution in [0.25, 0.3) is 0 Å². The number of hydrogen-bond acceptors (Lipinski definition) is 3. The lowest BCUT2D eigenvalue weighted by Gasteiger charge is -2.23. The van der Waals surface area contributed by atoms with Crippen molar-refractivity contribution in [2.24, 2.45) is 0 Å². The van der Waals surface area contributed by atoms with Gasteiger partial charge in [0.15, 0.2) is 5.69 Å². The van der Waals surface area contributed by atoms with E-state index in [0.717, 1.165) is 17.3 Å². The number of nitrogens with zero attached hydrogens (tertiary/aromatic N) is 3. The molecule has 0 spiro atoms. The Hall–Kier alpha value is -1.69. The van der Waals surface area contributed by atoms with E-state index in [1.54, 1.807) is 4.90 Å². The number of benzene rings is 1. The summed E-state index contributed by atoms with van der Waals surface area (Å²) < 4.78 is 1.07. The number of aromatic amines is 1. The number of hydrogen-bond donors (Lipinski definition) is 1. The third-order valence-electron chi connectivity index (χ3n) is 3.83. The maximum Gasteiger partial charge on any atom is 0.275 e. The second-order valence-electron chi connectivity index (χ2n) is 5.30. The minimum Gasteiger partial charge on any atom is -0.339 e. The van der Waals surface area contributed by atoms with Gasteiger partial charge in [-0.3, -0.25) is 4.79 Å². The molecule has 2 aromatic rings. The Bertz CT molecular complexity index is 605. The van der Waals surface area contributed by atoms with E-state index in [4.69, 9.17) is 0 Å². The molecule has 0 bridgehead atoms. The lowest BCUT2D eigenvalue weighted by molar-refractivity contribution is 0.0775. The number of likely N-dealkylation sites (N-methyl/N-ethyl adjacent to an activating group) is 1. The lowest BCUT2D eigenvalue weighted by Crippen LogP contribution is -2.34. The molecule has 1 aliphatic carbocycles. The van der Waals surface area contributed by atoms with Crippen LogP contribution in [0.4, 0.5) is 0 Å². The molecule has 1 aromatic carbocycles. The number of aromatic nitrogens is 3. The third kappa shape index (κ3) is 2.47. The van der Waals surface area contributed by atoms with Crippen LogP contribution < -0.4 is 0 Å². The van der Waals surface area contributed by atoms with Gasteiger partial charge < -0.3 is 4.90 Å². The minimum atomic E-state index is -0.0952. The van der Waals surface area contributed by atoms with Crippen LogP contribution in [0.3, 0.4) is 0 Å². The van der Waals surface area contributed by atoms with Gasteiger partial charge in [-0.1, -0.05) is 28.1 Å². The highest BCUT2D eigenvalue weighted by molar-refractivity contribution is 9.10. The number of rotatable bonds is 4. The van der Waals surface area contributed by atoms with Crippen LogP contribution in [-0.2, 0) is 5.41 Å². The number of amides is 1. The highest BCUT2D eigenvalue weighted by Crippen LogP contribution is 2.48. The number of halogens is 1. The zero-order valence-corrected chi connectivity index (χ0v) is 12.7. The normalized spacial score (nSPS) is 15.9. The van der Waals surface area contributed by atoms with Gasteiger partial charge >= 0.3 is 0 Å². The van der Waals surface area contributed by atoms with E-state index < -0.39 is 0 Å². The van der Waals surface area contributed by atoms with Crippen LogP contribution in [-0.4, -0.2) is 39.8 Å². The third-order valence-corrected chi connectivity index (χ3v) is 4.36. The maximum atomic E-state index is 12.2. The van der Waals surface area contributed by atoms with E-state index in [-0.39, 0.29) is 11.3 Å². The quantitative estimate of drug-likeness (QED) is 0.933. The first kappa shape index (κ1) is 13.3. The van der Waals surface area contributed by atoms with Crippen LogP contribution in [0, 0.1) is 0 Å². The summed E-state index contributed by atoms with van der Waals surface area (Å²) in [6.45, 7) is 0.709. The summed E-state index contributed by atoms with van der Waals surface area (Å²) in [6, 6.07) is 8.36. The van der Waals surface area contributed by atoms with E-state index >= 15 is 0 Å². The zero-order chi connectivity index (χ0) is 14.2. The number of carbonyl (C=O) groups is 1. The highest BCUT2D eigenvalue weighted by atomic mass is 79.9. The van der Waals surface area contributed by atoms with Gasteiger partial charge in [0.25, 0.3) is 5.91 Å². The summed E-state index contributed by atoms with van der Waals surface area (Å²) >= 11 is 3.45. The van der Waals surface area contributed by atoms with Crippen LogP contribution in [0.2, 0.25) is 0 Å². The Morgan fingerprint density at radius 2 is 2.10 bits per heavy atom. The molecular weight excluding hydrogens is 320 g/mol. The molecule has 5 nitrogen and oxygen atoms in total. The van der Waals surface area contributed by atoms with Gasteiger partial charge in [-0.05, 0) is 30.5 Å². The predicted molar refractivity (Wildman–Crippen MR) is 78.4 cm³/mol. The van der Waals surface area contributed by atoms with Crippen molar-refractivity contribution >= 4 is 21.8 Å². The van der Waals surface area contributed by atoms with Crippen LogP contribution in [0.15, 0.2) is 34.9 Å². The van der Waals surface area contributed by atoms with E-state index in [0.29, 0.717) is 12.2 Å². The Morgan fingerprint density at radius 3 is 2.65 bits per heavy atom. The largest absolute Gasteiger partial charge is 0.339 e. The van der Waals surface area contributed by atoms with Crippen LogP contribution >= 0.6 is 15.9 Å². The monoisotopic (exact) mass is 334 g/mol. The summed E-state index contributed by atoms with van der Waals surface area (Å²) in [5.74, 6) is -0.0952. The molecule has 1 N–H and O–H groups in total. The fraction of sp³-hybridized carbons (Fsp3) is 0.357.